The van der Waals surface area contributed by atoms with Crippen LogP contribution in [0.5, 0.6) is 5.75 Å². The molecular formula is C21H23N3O5. The Morgan fingerprint density at radius 1 is 1.14 bits per heavy atom. The second-order valence-corrected chi connectivity index (χ2v) is 6.71. The van der Waals surface area contributed by atoms with Crippen molar-refractivity contribution in [2.24, 2.45) is 0 Å². The molecule has 3 N–H and O–H groups in total. The summed E-state index contributed by atoms with van der Waals surface area (Å²) in [6.45, 7) is 0.653. The molecule has 0 spiro atoms. The van der Waals surface area contributed by atoms with Crippen molar-refractivity contribution in [2.45, 2.75) is 25.7 Å². The number of benzene rings is 2. The summed E-state index contributed by atoms with van der Waals surface area (Å²) >= 11 is 0. The van der Waals surface area contributed by atoms with Gasteiger partial charge in [0.25, 0.3) is 0 Å². The van der Waals surface area contributed by atoms with Crippen LogP contribution in [0.25, 0.3) is 0 Å². The Labute approximate surface area is 168 Å². The van der Waals surface area contributed by atoms with Crippen LogP contribution in [0.2, 0.25) is 0 Å². The fourth-order valence-corrected chi connectivity index (χ4v) is 3.23. The molecule has 0 aliphatic carbocycles. The van der Waals surface area contributed by atoms with Crippen LogP contribution in [-0.4, -0.2) is 36.7 Å². The summed E-state index contributed by atoms with van der Waals surface area (Å²) in [6, 6.07) is 11.7. The number of carbonyl (C=O) groups excluding carboxylic acids is 2. The molecule has 3 rings (SSSR count). The first-order chi connectivity index (χ1) is 14.0. The van der Waals surface area contributed by atoms with Crippen molar-refractivity contribution in [2.75, 3.05) is 29.2 Å². The first-order valence-electron chi connectivity index (χ1n) is 9.33. The van der Waals surface area contributed by atoms with Gasteiger partial charge in [-0.3, -0.25) is 9.59 Å². The van der Waals surface area contributed by atoms with Crippen molar-refractivity contribution >= 4 is 35.0 Å². The van der Waals surface area contributed by atoms with E-state index in [-0.39, 0.29) is 12.3 Å². The van der Waals surface area contributed by atoms with E-state index in [4.69, 9.17) is 9.84 Å². The maximum absolute atomic E-state index is 12.3. The van der Waals surface area contributed by atoms with E-state index >= 15 is 0 Å². The molecule has 2 aromatic carbocycles. The number of aliphatic carboxylic acids is 1. The summed E-state index contributed by atoms with van der Waals surface area (Å²) in [7, 11) is 1.52. The number of amides is 3. The topological polar surface area (TPSA) is 108 Å². The number of nitrogens with zero attached hydrogens (tertiary/aromatic N) is 1. The van der Waals surface area contributed by atoms with Crippen LogP contribution in [0, 0.1) is 0 Å². The van der Waals surface area contributed by atoms with E-state index in [1.807, 2.05) is 6.07 Å². The number of nitrogens with one attached hydrogen (secondary N) is 2. The Morgan fingerprint density at radius 3 is 2.55 bits per heavy atom. The molecule has 1 heterocycles. The summed E-state index contributed by atoms with van der Waals surface area (Å²) in [4.78, 5) is 36.7. The number of rotatable bonds is 7. The third kappa shape index (κ3) is 5.25. The maximum Gasteiger partial charge on any atom is 0.323 e. The number of aryl methyl sites for hydroxylation is 1. The van der Waals surface area contributed by atoms with Crippen molar-refractivity contribution in [3.8, 4) is 5.75 Å². The quantitative estimate of drug-likeness (QED) is 0.663. The Morgan fingerprint density at radius 2 is 1.90 bits per heavy atom. The molecule has 8 nitrogen and oxygen atoms in total. The van der Waals surface area contributed by atoms with Gasteiger partial charge in [-0.25, -0.2) is 4.79 Å². The molecule has 1 saturated heterocycles. The lowest BCUT2D eigenvalue weighted by Gasteiger charge is -2.19. The van der Waals surface area contributed by atoms with Gasteiger partial charge in [0.05, 0.1) is 12.8 Å². The average molecular weight is 397 g/mol. The molecule has 152 valence electrons. The van der Waals surface area contributed by atoms with Crippen molar-refractivity contribution in [3.63, 3.8) is 0 Å². The number of carboxylic acids is 1. The number of methoxy groups -OCH3 is 1. The Hall–Kier alpha value is -3.55. The normalized spacial score (nSPS) is 13.3. The van der Waals surface area contributed by atoms with Crippen LogP contribution in [0.15, 0.2) is 42.5 Å². The molecular weight excluding hydrogens is 374 g/mol. The third-order valence-electron chi connectivity index (χ3n) is 4.61. The van der Waals surface area contributed by atoms with Gasteiger partial charge in [-0.2, -0.15) is 0 Å². The molecule has 0 aromatic heterocycles. The van der Waals surface area contributed by atoms with E-state index in [0.29, 0.717) is 42.2 Å². The summed E-state index contributed by atoms with van der Waals surface area (Å²) < 4.78 is 5.39. The van der Waals surface area contributed by atoms with Crippen LogP contribution in [0.3, 0.4) is 0 Å². The molecule has 2 aromatic rings. The van der Waals surface area contributed by atoms with Crippen LogP contribution in [-0.2, 0) is 16.0 Å². The summed E-state index contributed by atoms with van der Waals surface area (Å²) in [5, 5.41) is 14.3. The number of hydrogen-bond donors (Lipinski definition) is 3. The van der Waals surface area contributed by atoms with Crippen LogP contribution in [0.4, 0.5) is 21.9 Å². The highest BCUT2D eigenvalue weighted by molar-refractivity contribution is 6.01. The van der Waals surface area contributed by atoms with Crippen molar-refractivity contribution in [3.05, 3.63) is 48.0 Å². The van der Waals surface area contributed by atoms with Gasteiger partial charge < -0.3 is 25.4 Å². The molecule has 1 aliphatic heterocycles. The smallest absolute Gasteiger partial charge is 0.323 e. The first kappa shape index (κ1) is 20.2. The van der Waals surface area contributed by atoms with Crippen molar-refractivity contribution in [1.82, 2.24) is 0 Å². The summed E-state index contributed by atoms with van der Waals surface area (Å²) in [5.41, 5.74) is 2.60. The van der Waals surface area contributed by atoms with E-state index < -0.39 is 12.0 Å². The van der Waals surface area contributed by atoms with Gasteiger partial charge in [0.15, 0.2) is 0 Å². The molecule has 29 heavy (non-hydrogen) atoms. The first-order valence-corrected chi connectivity index (χ1v) is 9.33. The number of anilines is 3. The largest absolute Gasteiger partial charge is 0.494 e. The van der Waals surface area contributed by atoms with E-state index in [2.05, 4.69) is 10.6 Å². The maximum atomic E-state index is 12.3. The average Bonchev–Trinajstić information content (AvgIpc) is 3.12. The zero-order valence-electron chi connectivity index (χ0n) is 16.1. The number of hydrogen-bond acceptors (Lipinski definition) is 4. The lowest BCUT2D eigenvalue weighted by Crippen LogP contribution is -2.24. The van der Waals surface area contributed by atoms with Gasteiger partial charge in [0.1, 0.15) is 5.75 Å². The molecule has 0 saturated carbocycles. The van der Waals surface area contributed by atoms with E-state index in [9.17, 15) is 14.4 Å². The molecule has 0 atom stereocenters. The fraction of sp³-hybridized carbons (Fsp3) is 0.286. The number of carbonyl (C=O) groups is 3. The van der Waals surface area contributed by atoms with Crippen LogP contribution >= 0.6 is 0 Å². The zero-order valence-corrected chi connectivity index (χ0v) is 16.1. The number of ether oxygens (including phenoxy) is 1. The summed E-state index contributed by atoms with van der Waals surface area (Å²) in [5.74, 6) is -0.299. The van der Waals surface area contributed by atoms with E-state index in [1.54, 1.807) is 41.3 Å². The van der Waals surface area contributed by atoms with Gasteiger partial charge in [-0.1, -0.05) is 12.1 Å². The van der Waals surface area contributed by atoms with Crippen molar-refractivity contribution < 1.29 is 24.2 Å². The lowest BCUT2D eigenvalue weighted by atomic mass is 10.1. The molecule has 1 aliphatic rings. The van der Waals surface area contributed by atoms with Crippen molar-refractivity contribution in [1.29, 1.82) is 0 Å². The molecule has 8 heteroatoms. The monoisotopic (exact) mass is 397 g/mol. The predicted octanol–water partition coefficient (Wildman–Crippen LogP) is 3.48. The SMILES string of the molecule is COc1cc(NC(=O)Nc2cccc(CCC(=O)O)c2)ccc1N1CCCC1=O. The van der Waals surface area contributed by atoms with Gasteiger partial charge in [0, 0.05) is 36.8 Å². The van der Waals surface area contributed by atoms with Gasteiger partial charge >= 0.3 is 12.0 Å². The minimum atomic E-state index is -0.867. The highest BCUT2D eigenvalue weighted by Crippen LogP contribution is 2.33. The van der Waals surface area contributed by atoms with E-state index in [1.165, 1.54) is 7.11 Å². The van der Waals surface area contributed by atoms with Gasteiger partial charge in [0.2, 0.25) is 5.91 Å². The third-order valence-corrected chi connectivity index (χ3v) is 4.61. The minimum absolute atomic E-state index is 0.0291. The Balaban J connectivity index is 1.65. The molecule has 0 unspecified atom stereocenters. The highest BCUT2D eigenvalue weighted by Gasteiger charge is 2.24. The fourth-order valence-electron chi connectivity index (χ4n) is 3.23. The minimum Gasteiger partial charge on any atom is -0.494 e. The molecule has 1 fully saturated rings. The number of carboxylic acid groups (broad SMARTS) is 1. The second-order valence-electron chi connectivity index (χ2n) is 6.71. The predicted molar refractivity (Wildman–Crippen MR) is 110 cm³/mol. The van der Waals surface area contributed by atoms with Gasteiger partial charge in [-0.05, 0) is 42.7 Å². The van der Waals surface area contributed by atoms with Gasteiger partial charge in [-0.15, -0.1) is 0 Å². The van der Waals surface area contributed by atoms with Crippen LogP contribution < -0.4 is 20.3 Å². The summed E-state index contributed by atoms with van der Waals surface area (Å²) in [6.07, 6.45) is 1.76. The Bertz CT molecular complexity index is 928. The Kier molecular flexibility index (Phi) is 6.33. The second kappa shape index (κ2) is 9.09. The zero-order chi connectivity index (χ0) is 20.8. The molecule has 0 radical (unpaired) electrons. The standard InChI is InChI=1S/C21H23N3O5/c1-29-18-13-16(8-9-17(18)24-11-3-6-19(24)25)23-21(28)22-15-5-2-4-14(12-15)7-10-20(26)27/h2,4-5,8-9,12-13H,3,6-7,10-11H2,1H3,(H,26,27)(H2,22,23,28). The van der Waals surface area contributed by atoms with E-state index in [0.717, 1.165) is 12.0 Å². The molecule has 0 bridgehead atoms. The lowest BCUT2D eigenvalue weighted by molar-refractivity contribution is -0.137. The highest BCUT2D eigenvalue weighted by atomic mass is 16.5. The number of urea groups is 1. The molecule has 3 amide bonds. The van der Waals surface area contributed by atoms with Crippen LogP contribution in [0.1, 0.15) is 24.8 Å².